The third kappa shape index (κ3) is 3.55. The summed E-state index contributed by atoms with van der Waals surface area (Å²) in [5.74, 6) is 1.90. The van der Waals surface area contributed by atoms with E-state index < -0.39 is 0 Å². The average Bonchev–Trinajstić information content (AvgIpc) is 3.18. The van der Waals surface area contributed by atoms with Gasteiger partial charge in [-0.1, -0.05) is 11.2 Å². The van der Waals surface area contributed by atoms with E-state index >= 15 is 0 Å². The molecule has 0 aromatic carbocycles. The van der Waals surface area contributed by atoms with E-state index in [1.807, 2.05) is 29.3 Å². The summed E-state index contributed by atoms with van der Waals surface area (Å²) in [4.78, 5) is 25.5. The molecule has 0 unspecified atom stereocenters. The minimum atomic E-state index is -0.0611. The first-order valence-corrected chi connectivity index (χ1v) is 8.94. The maximum atomic E-state index is 12.7. The van der Waals surface area contributed by atoms with Crippen LogP contribution in [-0.2, 0) is 16.0 Å². The second-order valence-corrected chi connectivity index (χ2v) is 7.14. The highest BCUT2D eigenvalue weighted by Crippen LogP contribution is 2.35. The Balaban J connectivity index is 1.45. The minimum Gasteiger partial charge on any atom is -0.379 e. The Morgan fingerprint density at radius 2 is 2.23 bits per heavy atom. The molecule has 8 heteroatoms. The summed E-state index contributed by atoms with van der Waals surface area (Å²) in [6, 6.07) is 5.94. The second-order valence-electron chi connectivity index (χ2n) is 7.14. The summed E-state index contributed by atoms with van der Waals surface area (Å²) in [7, 11) is 0. The van der Waals surface area contributed by atoms with E-state index in [2.05, 4.69) is 20.0 Å². The van der Waals surface area contributed by atoms with Crippen molar-refractivity contribution in [2.24, 2.45) is 5.41 Å². The number of rotatable bonds is 3. The lowest BCUT2D eigenvalue weighted by Gasteiger charge is -2.31. The van der Waals surface area contributed by atoms with Crippen molar-refractivity contribution in [3.8, 4) is 0 Å². The van der Waals surface area contributed by atoms with Crippen LogP contribution in [0.5, 0.6) is 0 Å². The zero-order valence-corrected chi connectivity index (χ0v) is 14.9. The Labute approximate surface area is 152 Å². The Bertz CT molecular complexity index is 765. The molecule has 1 atom stereocenters. The van der Waals surface area contributed by atoms with Crippen molar-refractivity contribution >= 4 is 11.7 Å². The second kappa shape index (κ2) is 7.03. The normalized spacial score (nSPS) is 23.4. The molecule has 1 spiro atoms. The Morgan fingerprint density at radius 3 is 3.00 bits per heavy atom. The number of aromatic nitrogens is 3. The molecule has 2 aliphatic rings. The van der Waals surface area contributed by atoms with Gasteiger partial charge in [-0.05, 0) is 25.5 Å². The summed E-state index contributed by atoms with van der Waals surface area (Å²) in [5.41, 5.74) is -0.0611. The number of hydrogen-bond acceptors (Lipinski definition) is 7. The van der Waals surface area contributed by atoms with Gasteiger partial charge in [0.05, 0.1) is 13.2 Å². The SMILES string of the molecule is Cc1noc(CC(=O)N2CCOC[C@@]3(CCN(c4ccccn4)C3)C2)n1. The highest BCUT2D eigenvalue weighted by Gasteiger charge is 2.42. The largest absolute Gasteiger partial charge is 0.379 e. The van der Waals surface area contributed by atoms with Crippen molar-refractivity contribution in [3.63, 3.8) is 0 Å². The van der Waals surface area contributed by atoms with Crippen LogP contribution in [0.15, 0.2) is 28.9 Å². The summed E-state index contributed by atoms with van der Waals surface area (Å²) >= 11 is 0. The van der Waals surface area contributed by atoms with Crippen LogP contribution in [0, 0.1) is 12.3 Å². The summed E-state index contributed by atoms with van der Waals surface area (Å²) in [5, 5.41) is 3.75. The minimum absolute atomic E-state index is 0.00908. The molecule has 2 aromatic rings. The van der Waals surface area contributed by atoms with Gasteiger partial charge in [-0.3, -0.25) is 4.79 Å². The molecule has 2 aromatic heterocycles. The lowest BCUT2D eigenvalue weighted by molar-refractivity contribution is -0.131. The maximum Gasteiger partial charge on any atom is 0.236 e. The monoisotopic (exact) mass is 357 g/mol. The van der Waals surface area contributed by atoms with Gasteiger partial charge in [0, 0.05) is 37.8 Å². The number of amides is 1. The van der Waals surface area contributed by atoms with Gasteiger partial charge >= 0.3 is 0 Å². The first-order chi connectivity index (χ1) is 12.6. The van der Waals surface area contributed by atoms with Gasteiger partial charge in [-0.15, -0.1) is 0 Å². The van der Waals surface area contributed by atoms with Crippen LogP contribution < -0.4 is 4.90 Å². The van der Waals surface area contributed by atoms with Gasteiger partial charge in [0.1, 0.15) is 12.2 Å². The first kappa shape index (κ1) is 17.0. The van der Waals surface area contributed by atoms with Crippen LogP contribution in [0.4, 0.5) is 5.82 Å². The van der Waals surface area contributed by atoms with Gasteiger partial charge in [-0.25, -0.2) is 4.98 Å². The Kier molecular flexibility index (Phi) is 4.58. The number of carbonyl (C=O) groups excluding carboxylic acids is 1. The van der Waals surface area contributed by atoms with Crippen LogP contribution in [0.25, 0.3) is 0 Å². The van der Waals surface area contributed by atoms with Gasteiger partial charge in [-0.2, -0.15) is 4.98 Å². The van der Waals surface area contributed by atoms with Gasteiger partial charge in [0.25, 0.3) is 0 Å². The van der Waals surface area contributed by atoms with E-state index in [9.17, 15) is 4.79 Å². The molecular formula is C18H23N5O3. The lowest BCUT2D eigenvalue weighted by Crippen LogP contribution is -2.44. The number of hydrogen-bond donors (Lipinski definition) is 0. The van der Waals surface area contributed by atoms with Crippen molar-refractivity contribution in [1.82, 2.24) is 20.0 Å². The Hall–Kier alpha value is -2.48. The summed E-state index contributed by atoms with van der Waals surface area (Å²) in [6.07, 6.45) is 2.93. The molecule has 0 radical (unpaired) electrons. The molecule has 26 heavy (non-hydrogen) atoms. The van der Waals surface area contributed by atoms with Crippen LogP contribution in [-0.4, -0.2) is 65.3 Å². The number of carbonyl (C=O) groups is 1. The predicted octanol–water partition coefficient (Wildman–Crippen LogP) is 1.07. The van der Waals surface area contributed by atoms with Gasteiger partial charge in [0.15, 0.2) is 5.82 Å². The average molecular weight is 357 g/mol. The number of pyridine rings is 1. The van der Waals surface area contributed by atoms with E-state index in [1.165, 1.54) is 0 Å². The summed E-state index contributed by atoms with van der Waals surface area (Å²) < 4.78 is 11.0. The predicted molar refractivity (Wildman–Crippen MR) is 93.6 cm³/mol. The maximum absolute atomic E-state index is 12.7. The molecule has 138 valence electrons. The molecule has 0 bridgehead atoms. The van der Waals surface area contributed by atoms with E-state index in [1.54, 1.807) is 6.92 Å². The van der Waals surface area contributed by atoms with Crippen molar-refractivity contribution in [2.75, 3.05) is 44.3 Å². The third-order valence-corrected chi connectivity index (χ3v) is 5.08. The molecule has 0 aliphatic carbocycles. The smallest absolute Gasteiger partial charge is 0.236 e. The van der Waals surface area contributed by atoms with Gasteiger partial charge < -0.3 is 19.1 Å². The molecule has 1 amide bonds. The number of nitrogens with zero attached hydrogens (tertiary/aromatic N) is 5. The van der Waals surface area contributed by atoms with Crippen LogP contribution in [0.3, 0.4) is 0 Å². The fourth-order valence-corrected chi connectivity index (χ4v) is 3.78. The van der Waals surface area contributed by atoms with Crippen molar-refractivity contribution in [2.45, 2.75) is 19.8 Å². The van der Waals surface area contributed by atoms with E-state index in [-0.39, 0.29) is 17.7 Å². The van der Waals surface area contributed by atoms with Crippen LogP contribution >= 0.6 is 0 Å². The third-order valence-electron chi connectivity index (χ3n) is 5.08. The van der Waals surface area contributed by atoms with E-state index in [0.717, 1.165) is 25.3 Å². The number of anilines is 1. The van der Waals surface area contributed by atoms with Gasteiger partial charge in [0.2, 0.25) is 11.8 Å². The quantitative estimate of drug-likeness (QED) is 0.812. The standard InChI is InChI=1S/C18H23N5O3/c1-14-20-16(26-21-14)10-17(24)23-8-9-25-13-18(12-23)5-7-22(11-18)15-4-2-3-6-19-15/h2-4,6H,5,7-13H2,1H3/t18-/m1/s1. The molecule has 4 rings (SSSR count). The fraction of sp³-hybridized carbons (Fsp3) is 0.556. The van der Waals surface area contributed by atoms with Crippen LogP contribution in [0.1, 0.15) is 18.1 Å². The molecular weight excluding hydrogens is 334 g/mol. The summed E-state index contributed by atoms with van der Waals surface area (Å²) in [6.45, 7) is 6.01. The topological polar surface area (TPSA) is 84.6 Å². The molecule has 0 saturated carbocycles. The van der Waals surface area contributed by atoms with E-state index in [4.69, 9.17) is 9.26 Å². The number of aryl methyl sites for hydroxylation is 1. The zero-order chi connectivity index (χ0) is 18.0. The molecule has 0 N–H and O–H groups in total. The van der Waals surface area contributed by atoms with Crippen molar-refractivity contribution < 1.29 is 14.1 Å². The van der Waals surface area contributed by atoms with Crippen molar-refractivity contribution in [3.05, 3.63) is 36.1 Å². The zero-order valence-electron chi connectivity index (χ0n) is 14.9. The van der Waals surface area contributed by atoms with Crippen LogP contribution in [0.2, 0.25) is 0 Å². The highest BCUT2D eigenvalue weighted by atomic mass is 16.5. The molecule has 2 fully saturated rings. The fourth-order valence-electron chi connectivity index (χ4n) is 3.78. The molecule has 2 saturated heterocycles. The van der Waals surface area contributed by atoms with E-state index in [0.29, 0.717) is 38.0 Å². The molecule has 4 heterocycles. The molecule has 2 aliphatic heterocycles. The highest BCUT2D eigenvalue weighted by molar-refractivity contribution is 5.78. The lowest BCUT2D eigenvalue weighted by atomic mass is 9.87. The molecule has 8 nitrogen and oxygen atoms in total. The number of ether oxygens (including phenoxy) is 1. The van der Waals surface area contributed by atoms with Crippen molar-refractivity contribution in [1.29, 1.82) is 0 Å². The Morgan fingerprint density at radius 1 is 1.31 bits per heavy atom. The first-order valence-electron chi connectivity index (χ1n) is 8.94.